The van der Waals surface area contributed by atoms with E-state index < -0.39 is 23.3 Å². The smallest absolute Gasteiger partial charge is 0.346 e. The zero-order valence-corrected chi connectivity index (χ0v) is 12.5. The van der Waals surface area contributed by atoms with E-state index in [1.165, 1.54) is 20.2 Å². The van der Waals surface area contributed by atoms with Crippen LogP contribution in [-0.4, -0.2) is 32.4 Å². The number of carbonyl (C=O) groups excluding carboxylic acids is 2. The molecule has 0 bridgehead atoms. The van der Waals surface area contributed by atoms with Gasteiger partial charge in [-0.1, -0.05) is 0 Å². The molecular formula is C12H12N4O5S. The molecule has 2 heterocycles. The first-order valence-electron chi connectivity index (χ1n) is 6.08. The predicted octanol–water partition coefficient (Wildman–Crippen LogP) is -0.368. The maximum absolute atomic E-state index is 12.3. The molecule has 2 aromatic rings. The molecule has 0 fully saturated rings. The van der Waals surface area contributed by atoms with Crippen LogP contribution in [-0.2, 0) is 16.1 Å². The number of carboxylic acid groups (broad SMARTS) is 1. The predicted molar refractivity (Wildman–Crippen MR) is 77.5 cm³/mol. The molecule has 2 rings (SSSR count). The van der Waals surface area contributed by atoms with Crippen molar-refractivity contribution >= 4 is 39.3 Å². The molecule has 0 saturated heterocycles. The number of hydrazine groups is 1. The Balaban J connectivity index is 2.37. The molecule has 0 unspecified atom stereocenters. The summed E-state index contributed by atoms with van der Waals surface area (Å²) in [7, 11) is 0. The Bertz CT molecular complexity index is 838. The minimum Gasteiger partial charge on any atom is -0.477 e. The first-order chi connectivity index (χ1) is 10.3. The number of aromatic nitrogens is 2. The van der Waals surface area contributed by atoms with Crippen molar-refractivity contribution in [3.63, 3.8) is 0 Å². The van der Waals surface area contributed by atoms with Crippen LogP contribution in [0.2, 0.25) is 0 Å². The Labute approximate surface area is 127 Å². The number of carboxylic acids is 1. The van der Waals surface area contributed by atoms with Crippen molar-refractivity contribution in [3.8, 4) is 0 Å². The molecule has 0 aliphatic heterocycles. The first-order valence-corrected chi connectivity index (χ1v) is 6.90. The topological polar surface area (TPSA) is 130 Å². The van der Waals surface area contributed by atoms with Crippen LogP contribution in [0.1, 0.15) is 22.2 Å². The summed E-state index contributed by atoms with van der Waals surface area (Å²) in [5, 5.41) is 9.24. The van der Waals surface area contributed by atoms with Crippen LogP contribution in [0.25, 0.3) is 10.2 Å². The highest BCUT2D eigenvalue weighted by Gasteiger charge is 2.19. The van der Waals surface area contributed by atoms with E-state index in [1.807, 2.05) is 0 Å². The monoisotopic (exact) mass is 324 g/mol. The lowest BCUT2D eigenvalue weighted by Gasteiger charge is -2.07. The Hall–Kier alpha value is -2.75. The molecule has 3 N–H and O–H groups in total. The number of thiophene rings is 1. The SMILES string of the molecule is CC(=O)NNC(=O)Cn1cnc2sc(C(=O)O)c(C)c2c1=O. The van der Waals surface area contributed by atoms with Crippen LogP contribution in [0.5, 0.6) is 0 Å². The second kappa shape index (κ2) is 5.93. The quantitative estimate of drug-likeness (QED) is 0.660. The number of nitrogens with one attached hydrogen (secondary N) is 2. The van der Waals surface area contributed by atoms with Crippen LogP contribution in [0.4, 0.5) is 0 Å². The normalized spacial score (nSPS) is 10.5. The third-order valence-corrected chi connectivity index (χ3v) is 3.99. The van der Waals surface area contributed by atoms with Crippen molar-refractivity contribution in [1.29, 1.82) is 0 Å². The molecule has 116 valence electrons. The lowest BCUT2D eigenvalue weighted by molar-refractivity contribution is -0.128. The molecule has 0 aliphatic rings. The van der Waals surface area contributed by atoms with E-state index in [-0.39, 0.29) is 16.8 Å². The van der Waals surface area contributed by atoms with Gasteiger partial charge in [0, 0.05) is 6.92 Å². The molecular weight excluding hydrogens is 312 g/mol. The van der Waals surface area contributed by atoms with Crippen molar-refractivity contribution in [1.82, 2.24) is 20.4 Å². The van der Waals surface area contributed by atoms with Crippen LogP contribution in [0, 0.1) is 6.92 Å². The number of hydrogen-bond donors (Lipinski definition) is 3. The van der Waals surface area contributed by atoms with E-state index >= 15 is 0 Å². The Morgan fingerprint density at radius 1 is 1.36 bits per heavy atom. The fraction of sp³-hybridized carbons (Fsp3) is 0.250. The van der Waals surface area contributed by atoms with Crippen LogP contribution < -0.4 is 16.4 Å². The molecule has 0 aromatic carbocycles. The lowest BCUT2D eigenvalue weighted by Crippen LogP contribution is -2.43. The molecule has 0 atom stereocenters. The average Bonchev–Trinajstić information content (AvgIpc) is 2.78. The summed E-state index contributed by atoms with van der Waals surface area (Å²) < 4.78 is 1.05. The molecule has 0 spiro atoms. The maximum Gasteiger partial charge on any atom is 0.346 e. The summed E-state index contributed by atoms with van der Waals surface area (Å²) in [4.78, 5) is 50.1. The third-order valence-electron chi connectivity index (χ3n) is 2.80. The standard InChI is InChI=1S/C12H12N4O5S/c1-5-8-10(22-9(5)12(20)21)13-4-16(11(8)19)3-7(18)15-14-6(2)17/h4H,3H2,1-2H3,(H,14,17)(H,15,18)(H,20,21). The summed E-state index contributed by atoms with van der Waals surface area (Å²) >= 11 is 0.906. The maximum atomic E-state index is 12.3. The van der Waals surface area contributed by atoms with Gasteiger partial charge in [0.25, 0.3) is 11.5 Å². The van der Waals surface area contributed by atoms with E-state index in [9.17, 15) is 19.2 Å². The minimum absolute atomic E-state index is 0.0417. The summed E-state index contributed by atoms with van der Waals surface area (Å²) in [5.74, 6) is -2.19. The molecule has 2 aromatic heterocycles. The zero-order chi connectivity index (χ0) is 16.4. The fourth-order valence-corrected chi connectivity index (χ4v) is 2.81. The second-order valence-electron chi connectivity index (χ2n) is 4.45. The Morgan fingerprint density at radius 2 is 2.05 bits per heavy atom. The summed E-state index contributed by atoms with van der Waals surface area (Å²) in [6.07, 6.45) is 1.17. The average molecular weight is 324 g/mol. The van der Waals surface area contributed by atoms with E-state index in [0.29, 0.717) is 10.4 Å². The zero-order valence-electron chi connectivity index (χ0n) is 11.7. The molecule has 2 amide bonds. The third kappa shape index (κ3) is 2.96. The van der Waals surface area contributed by atoms with Gasteiger partial charge in [0.05, 0.1) is 11.7 Å². The lowest BCUT2D eigenvalue weighted by atomic mass is 10.2. The van der Waals surface area contributed by atoms with E-state index in [2.05, 4.69) is 15.8 Å². The van der Waals surface area contributed by atoms with Crippen molar-refractivity contribution < 1.29 is 19.5 Å². The van der Waals surface area contributed by atoms with Gasteiger partial charge in [-0.3, -0.25) is 29.8 Å². The van der Waals surface area contributed by atoms with Gasteiger partial charge in [-0.15, -0.1) is 11.3 Å². The highest BCUT2D eigenvalue weighted by atomic mass is 32.1. The summed E-state index contributed by atoms with van der Waals surface area (Å²) in [6.45, 7) is 2.40. The first kappa shape index (κ1) is 15.6. The van der Waals surface area contributed by atoms with Gasteiger partial charge >= 0.3 is 5.97 Å². The number of aryl methyl sites for hydroxylation is 1. The van der Waals surface area contributed by atoms with Gasteiger partial charge in [-0.25, -0.2) is 9.78 Å². The highest BCUT2D eigenvalue weighted by Crippen LogP contribution is 2.26. The highest BCUT2D eigenvalue weighted by molar-refractivity contribution is 7.20. The number of aromatic carboxylic acids is 1. The Kier molecular flexibility index (Phi) is 4.22. The second-order valence-corrected chi connectivity index (χ2v) is 5.45. The summed E-state index contributed by atoms with van der Waals surface area (Å²) in [6, 6.07) is 0. The molecule has 22 heavy (non-hydrogen) atoms. The van der Waals surface area contributed by atoms with Gasteiger partial charge in [0.1, 0.15) is 16.3 Å². The van der Waals surface area contributed by atoms with Gasteiger partial charge in [-0.2, -0.15) is 0 Å². The van der Waals surface area contributed by atoms with E-state index in [4.69, 9.17) is 5.11 Å². The molecule has 0 radical (unpaired) electrons. The van der Waals surface area contributed by atoms with Crippen molar-refractivity contribution in [3.05, 3.63) is 27.1 Å². The molecule has 10 heteroatoms. The van der Waals surface area contributed by atoms with Gasteiger partial charge in [0.15, 0.2) is 0 Å². The largest absolute Gasteiger partial charge is 0.477 e. The van der Waals surface area contributed by atoms with Crippen molar-refractivity contribution in [2.24, 2.45) is 0 Å². The summed E-state index contributed by atoms with van der Waals surface area (Å²) in [5.41, 5.74) is 4.04. The van der Waals surface area contributed by atoms with Crippen molar-refractivity contribution in [2.45, 2.75) is 20.4 Å². The van der Waals surface area contributed by atoms with Gasteiger partial charge in [-0.05, 0) is 12.5 Å². The number of hydrogen-bond acceptors (Lipinski definition) is 6. The molecule has 0 saturated carbocycles. The molecule has 9 nitrogen and oxygen atoms in total. The minimum atomic E-state index is -1.13. The molecule has 0 aliphatic carbocycles. The van der Waals surface area contributed by atoms with E-state index in [1.54, 1.807) is 0 Å². The number of fused-ring (bicyclic) bond motifs is 1. The van der Waals surface area contributed by atoms with Crippen LogP contribution in [0.15, 0.2) is 11.1 Å². The number of carbonyl (C=O) groups is 3. The van der Waals surface area contributed by atoms with Gasteiger partial charge in [0.2, 0.25) is 5.91 Å². The fourth-order valence-electron chi connectivity index (χ4n) is 1.83. The van der Waals surface area contributed by atoms with Crippen molar-refractivity contribution in [2.75, 3.05) is 0 Å². The number of nitrogens with zero attached hydrogens (tertiary/aromatic N) is 2. The van der Waals surface area contributed by atoms with E-state index in [0.717, 1.165) is 15.9 Å². The van der Waals surface area contributed by atoms with Crippen LogP contribution in [0.3, 0.4) is 0 Å². The number of rotatable bonds is 3. The Morgan fingerprint density at radius 3 is 2.64 bits per heavy atom. The number of amides is 2. The van der Waals surface area contributed by atoms with Gasteiger partial charge < -0.3 is 5.11 Å². The van der Waals surface area contributed by atoms with Crippen LogP contribution >= 0.6 is 11.3 Å².